The number of hydrogen-bond acceptors (Lipinski definition) is 5. The molecule has 1 aromatic heterocycles. The lowest BCUT2D eigenvalue weighted by molar-refractivity contribution is -0.128. The topological polar surface area (TPSA) is 58.1 Å². The van der Waals surface area contributed by atoms with Crippen LogP contribution in [-0.2, 0) is 4.79 Å². The lowest BCUT2D eigenvalue weighted by Gasteiger charge is -2.20. The van der Waals surface area contributed by atoms with E-state index >= 15 is 0 Å². The van der Waals surface area contributed by atoms with E-state index < -0.39 is 0 Å². The molecule has 3 aromatic rings. The Morgan fingerprint density at radius 3 is 2.48 bits per heavy atom. The van der Waals surface area contributed by atoms with Gasteiger partial charge in [0.25, 0.3) is 0 Å². The van der Waals surface area contributed by atoms with Gasteiger partial charge in [0.15, 0.2) is 5.16 Å². The van der Waals surface area contributed by atoms with Gasteiger partial charge in [0, 0.05) is 25.5 Å². The van der Waals surface area contributed by atoms with Gasteiger partial charge in [-0.3, -0.25) is 4.79 Å². The summed E-state index contributed by atoms with van der Waals surface area (Å²) in [6, 6.07) is 18.3. The Morgan fingerprint density at radius 2 is 1.78 bits per heavy atom. The number of anilines is 1. The first-order valence-corrected chi connectivity index (χ1v) is 9.96. The number of aromatic nitrogens is 2. The Labute approximate surface area is 163 Å². The summed E-state index contributed by atoms with van der Waals surface area (Å²) in [4.78, 5) is 23.9. The Bertz CT molecular complexity index is 957. The zero-order chi connectivity index (χ0) is 18.8. The quantitative estimate of drug-likeness (QED) is 0.516. The van der Waals surface area contributed by atoms with Crippen LogP contribution in [0.5, 0.6) is 0 Å². The minimum Gasteiger partial charge on any atom is -0.367 e. The lowest BCUT2D eigenvalue weighted by Crippen LogP contribution is -2.26. The second-order valence-electron chi connectivity index (χ2n) is 6.93. The van der Waals surface area contributed by atoms with Crippen molar-refractivity contribution in [2.45, 2.75) is 29.3 Å². The Kier molecular flexibility index (Phi) is 4.99. The summed E-state index contributed by atoms with van der Waals surface area (Å²) in [5, 5.41) is 4.76. The number of para-hydroxylation sites is 1. The molecule has 1 aliphatic rings. The van der Waals surface area contributed by atoms with Crippen molar-refractivity contribution in [3.05, 3.63) is 60.2 Å². The molecule has 0 saturated heterocycles. The highest BCUT2D eigenvalue weighted by Gasteiger charge is 2.26. The van der Waals surface area contributed by atoms with Crippen LogP contribution in [0.4, 0.5) is 5.82 Å². The number of hydrogen-bond donors (Lipinski definition) is 1. The first kappa shape index (κ1) is 17.8. The first-order valence-electron chi connectivity index (χ1n) is 9.08. The van der Waals surface area contributed by atoms with Crippen LogP contribution in [0.1, 0.15) is 23.7 Å². The highest BCUT2D eigenvalue weighted by atomic mass is 32.2. The smallest absolute Gasteiger partial charge is 0.240 e. The average Bonchev–Trinajstić information content (AvgIpc) is 3.50. The van der Waals surface area contributed by atoms with Crippen LogP contribution >= 0.6 is 11.8 Å². The third kappa shape index (κ3) is 4.06. The minimum absolute atomic E-state index is 0.0275. The number of thioether (sulfide) groups is 1. The van der Waals surface area contributed by atoms with E-state index in [9.17, 15) is 4.79 Å². The predicted molar refractivity (Wildman–Crippen MR) is 110 cm³/mol. The van der Waals surface area contributed by atoms with Crippen molar-refractivity contribution in [2.24, 2.45) is 0 Å². The fourth-order valence-electron chi connectivity index (χ4n) is 2.87. The molecule has 138 valence electrons. The second-order valence-corrected chi connectivity index (χ2v) is 8.00. The molecule has 0 aliphatic heterocycles. The number of amides is 1. The highest BCUT2D eigenvalue weighted by Crippen LogP contribution is 2.37. The van der Waals surface area contributed by atoms with E-state index in [-0.39, 0.29) is 11.2 Å². The number of carbonyl (C=O) groups excluding carboxylic acids is 1. The molecule has 6 heteroatoms. The number of benzene rings is 2. The normalized spacial score (nSPS) is 14.7. The first-order chi connectivity index (χ1) is 13.1. The predicted octanol–water partition coefficient (Wildman–Crippen LogP) is 4.13. The van der Waals surface area contributed by atoms with Gasteiger partial charge in [-0.1, -0.05) is 54.2 Å². The maximum absolute atomic E-state index is 12.8. The van der Waals surface area contributed by atoms with Gasteiger partial charge in [-0.15, -0.1) is 0 Å². The summed E-state index contributed by atoms with van der Waals surface area (Å²) in [7, 11) is 3.56. The summed E-state index contributed by atoms with van der Waals surface area (Å²) in [6.07, 6.45) is 2.35. The van der Waals surface area contributed by atoms with E-state index in [0.29, 0.717) is 11.2 Å². The molecule has 0 radical (unpaired) electrons. The van der Waals surface area contributed by atoms with Gasteiger partial charge in [0.05, 0.1) is 5.52 Å². The molecular formula is C21H22N4OS. The van der Waals surface area contributed by atoms with Gasteiger partial charge in [-0.2, -0.15) is 0 Å². The fraction of sp³-hybridized carbons (Fsp3) is 0.286. The summed E-state index contributed by atoms with van der Waals surface area (Å²) >= 11 is 1.40. The summed E-state index contributed by atoms with van der Waals surface area (Å²) < 4.78 is 0. The molecule has 1 heterocycles. The van der Waals surface area contributed by atoms with Gasteiger partial charge in [0.2, 0.25) is 5.91 Å². The van der Waals surface area contributed by atoms with Crippen LogP contribution in [0.15, 0.2) is 59.8 Å². The Balaban J connectivity index is 1.72. The van der Waals surface area contributed by atoms with Crippen LogP contribution < -0.4 is 5.32 Å². The summed E-state index contributed by atoms with van der Waals surface area (Å²) in [5.74, 6) is 0.884. The SMILES string of the molecule is CN(C)C(=O)C(Sc1nc(NC2CC2)c2ccccc2n1)c1ccccc1. The maximum Gasteiger partial charge on any atom is 0.240 e. The van der Waals surface area contributed by atoms with Crippen LogP contribution in [0.3, 0.4) is 0 Å². The lowest BCUT2D eigenvalue weighted by atomic mass is 10.1. The third-order valence-electron chi connectivity index (χ3n) is 4.49. The van der Waals surface area contributed by atoms with Crippen molar-refractivity contribution < 1.29 is 4.79 Å². The highest BCUT2D eigenvalue weighted by molar-refractivity contribution is 8.00. The summed E-state index contributed by atoms with van der Waals surface area (Å²) in [6.45, 7) is 0. The van der Waals surface area contributed by atoms with Crippen molar-refractivity contribution in [2.75, 3.05) is 19.4 Å². The molecule has 1 unspecified atom stereocenters. The van der Waals surface area contributed by atoms with Crippen molar-refractivity contribution >= 4 is 34.4 Å². The molecule has 1 fully saturated rings. The molecular weight excluding hydrogens is 356 g/mol. The van der Waals surface area contributed by atoms with Gasteiger partial charge < -0.3 is 10.2 Å². The molecule has 0 spiro atoms. The molecule has 0 bridgehead atoms. The monoisotopic (exact) mass is 378 g/mol. The van der Waals surface area contributed by atoms with E-state index in [1.807, 2.05) is 54.6 Å². The fourth-order valence-corrected chi connectivity index (χ4v) is 3.98. The molecule has 1 atom stereocenters. The molecule has 27 heavy (non-hydrogen) atoms. The van der Waals surface area contributed by atoms with Crippen molar-refractivity contribution in [3.63, 3.8) is 0 Å². The zero-order valence-corrected chi connectivity index (χ0v) is 16.2. The van der Waals surface area contributed by atoms with Crippen molar-refractivity contribution in [1.82, 2.24) is 14.9 Å². The number of rotatable bonds is 6. The second kappa shape index (κ2) is 7.56. The largest absolute Gasteiger partial charge is 0.367 e. The van der Waals surface area contributed by atoms with Gasteiger partial charge in [0.1, 0.15) is 11.1 Å². The molecule has 4 rings (SSSR count). The minimum atomic E-state index is -0.379. The van der Waals surface area contributed by atoms with E-state index in [1.54, 1.807) is 19.0 Å². The van der Waals surface area contributed by atoms with Crippen LogP contribution in [-0.4, -0.2) is 40.9 Å². The molecule has 1 amide bonds. The van der Waals surface area contributed by atoms with Crippen LogP contribution in [0.25, 0.3) is 10.9 Å². The Hall–Kier alpha value is -2.60. The zero-order valence-electron chi connectivity index (χ0n) is 15.4. The number of fused-ring (bicyclic) bond motifs is 1. The molecule has 1 saturated carbocycles. The van der Waals surface area contributed by atoms with Crippen molar-refractivity contribution in [3.8, 4) is 0 Å². The molecule has 1 aliphatic carbocycles. The van der Waals surface area contributed by atoms with E-state index in [4.69, 9.17) is 9.97 Å². The number of nitrogens with one attached hydrogen (secondary N) is 1. The summed E-state index contributed by atoms with van der Waals surface area (Å²) in [5.41, 5.74) is 1.84. The van der Waals surface area contributed by atoms with Gasteiger partial charge in [-0.05, 0) is 30.5 Å². The van der Waals surface area contributed by atoms with Crippen LogP contribution in [0, 0.1) is 0 Å². The van der Waals surface area contributed by atoms with E-state index in [1.165, 1.54) is 24.6 Å². The van der Waals surface area contributed by atoms with Gasteiger partial charge >= 0.3 is 0 Å². The molecule has 1 N–H and O–H groups in total. The van der Waals surface area contributed by atoms with E-state index in [0.717, 1.165) is 22.3 Å². The molecule has 5 nitrogen and oxygen atoms in total. The number of nitrogens with zero attached hydrogens (tertiary/aromatic N) is 3. The van der Waals surface area contributed by atoms with Gasteiger partial charge in [-0.25, -0.2) is 9.97 Å². The Morgan fingerprint density at radius 1 is 1.07 bits per heavy atom. The van der Waals surface area contributed by atoms with Crippen LogP contribution in [0.2, 0.25) is 0 Å². The third-order valence-corrected chi connectivity index (χ3v) is 5.59. The average molecular weight is 379 g/mol. The number of carbonyl (C=O) groups is 1. The standard InChI is InChI=1S/C21H22N4OS/c1-25(2)20(26)18(14-8-4-3-5-9-14)27-21-23-17-11-7-6-10-16(17)19(24-21)22-15-12-13-15/h3-11,15,18H,12-13H2,1-2H3,(H,22,23,24). The number of likely N-dealkylation sites (N-methyl/N-ethyl adjacent to an activating group) is 1. The van der Waals surface area contributed by atoms with E-state index in [2.05, 4.69) is 5.32 Å². The maximum atomic E-state index is 12.8. The molecule has 2 aromatic carbocycles. The van der Waals surface area contributed by atoms with Crippen molar-refractivity contribution in [1.29, 1.82) is 0 Å².